The van der Waals surface area contributed by atoms with Gasteiger partial charge in [-0.25, -0.2) is 10.2 Å². The molecule has 0 unspecified atom stereocenters. The van der Waals surface area contributed by atoms with Gasteiger partial charge in [0.1, 0.15) is 24.5 Å². The Labute approximate surface area is 152 Å². The molecule has 1 atom stereocenters. The molecule has 7 nitrogen and oxygen atoms in total. The van der Waals surface area contributed by atoms with Gasteiger partial charge in [0, 0.05) is 6.42 Å². The molecule has 2 rings (SSSR count). The topological polar surface area (TPSA) is 114 Å². The Morgan fingerprint density at radius 2 is 1.81 bits per heavy atom. The number of hydrogen-bond donors (Lipinski definition) is 4. The van der Waals surface area contributed by atoms with E-state index in [-0.39, 0.29) is 31.1 Å². The lowest BCUT2D eigenvalue weighted by molar-refractivity contribution is -0.151. The number of phenolic OH excluding ortho intramolecular Hbond substituents is 2. The molecule has 0 aliphatic carbocycles. The fourth-order valence-corrected chi connectivity index (χ4v) is 2.36. The lowest BCUT2D eigenvalue weighted by atomic mass is 9.93. The van der Waals surface area contributed by atoms with E-state index in [4.69, 9.17) is 15.3 Å². The number of benzene rings is 2. The maximum Gasteiger partial charge on any atom is 0.327 e. The minimum Gasteiger partial charge on any atom is -0.504 e. The largest absolute Gasteiger partial charge is 0.504 e. The lowest BCUT2D eigenvalue weighted by Crippen LogP contribution is -2.55. The summed E-state index contributed by atoms with van der Waals surface area (Å²) in [5.74, 6) is 5.21. The molecule has 140 valence electrons. The molecular weight excluding hydrogens is 336 g/mol. The third kappa shape index (κ3) is 5.11. The normalized spacial score (nSPS) is 13.0. The molecule has 2 aromatic carbocycles. The first-order valence-corrected chi connectivity index (χ1v) is 8.19. The molecule has 0 radical (unpaired) electrons. The van der Waals surface area contributed by atoms with Gasteiger partial charge in [0.25, 0.3) is 0 Å². The third-order valence-corrected chi connectivity index (χ3v) is 3.97. The number of phenols is 2. The molecule has 0 saturated heterocycles. The highest BCUT2D eigenvalue weighted by molar-refractivity contribution is 5.80. The molecule has 0 aliphatic heterocycles. The first kappa shape index (κ1) is 19.6. The van der Waals surface area contributed by atoms with E-state index in [1.165, 1.54) is 12.1 Å². The molecule has 2 aromatic rings. The van der Waals surface area contributed by atoms with E-state index in [1.54, 1.807) is 13.0 Å². The van der Waals surface area contributed by atoms with E-state index in [0.29, 0.717) is 11.3 Å². The van der Waals surface area contributed by atoms with Crippen molar-refractivity contribution in [2.45, 2.75) is 25.8 Å². The molecule has 0 aliphatic rings. The summed E-state index contributed by atoms with van der Waals surface area (Å²) in [4.78, 5) is 12.4. The Hall–Kier alpha value is -2.77. The number of hydrogen-bond acceptors (Lipinski definition) is 7. The zero-order valence-electron chi connectivity index (χ0n) is 14.9. The zero-order chi connectivity index (χ0) is 19.2. The van der Waals surface area contributed by atoms with Gasteiger partial charge in [-0.05, 0) is 43.7 Å². The van der Waals surface area contributed by atoms with Crippen LogP contribution in [-0.4, -0.2) is 34.9 Å². The summed E-state index contributed by atoms with van der Waals surface area (Å²) in [6.45, 7) is 3.88. The number of aryl methyl sites for hydroxylation is 1. The molecule has 0 heterocycles. The predicted molar refractivity (Wildman–Crippen MR) is 96.8 cm³/mol. The van der Waals surface area contributed by atoms with Gasteiger partial charge in [0.15, 0.2) is 11.5 Å². The van der Waals surface area contributed by atoms with Gasteiger partial charge >= 0.3 is 5.97 Å². The first-order chi connectivity index (χ1) is 12.3. The number of carbonyl (C=O) groups is 1. The maximum atomic E-state index is 12.4. The van der Waals surface area contributed by atoms with Crippen LogP contribution in [0.15, 0.2) is 42.5 Å². The van der Waals surface area contributed by atoms with Crippen molar-refractivity contribution >= 4 is 5.97 Å². The number of nitrogens with two attached hydrogens (primary N) is 1. The molecule has 0 aromatic heterocycles. The van der Waals surface area contributed by atoms with Crippen LogP contribution in [0.1, 0.15) is 18.1 Å². The first-order valence-electron chi connectivity index (χ1n) is 8.19. The standard InChI is InChI=1S/C19H24N2O5/c1-13-3-6-15(7-4-13)25-9-10-26-18(24)19(2,21-20)12-14-5-8-16(22)17(23)11-14/h3-8,11,21-23H,9-10,12,20H2,1-2H3/t19-/m0/s1. The SMILES string of the molecule is Cc1ccc(OCCOC(=O)[C@](C)(Cc2ccc(O)c(O)c2)NN)cc1. The number of ether oxygens (including phenoxy) is 2. The summed E-state index contributed by atoms with van der Waals surface area (Å²) < 4.78 is 10.8. The highest BCUT2D eigenvalue weighted by atomic mass is 16.6. The monoisotopic (exact) mass is 360 g/mol. The second-order valence-electron chi connectivity index (χ2n) is 6.27. The highest BCUT2D eigenvalue weighted by Crippen LogP contribution is 2.27. The summed E-state index contributed by atoms with van der Waals surface area (Å²) in [7, 11) is 0. The van der Waals surface area contributed by atoms with E-state index in [0.717, 1.165) is 5.56 Å². The number of rotatable bonds is 8. The summed E-state index contributed by atoms with van der Waals surface area (Å²) in [6, 6.07) is 11.9. The number of esters is 1. The average Bonchev–Trinajstić information content (AvgIpc) is 2.63. The van der Waals surface area contributed by atoms with E-state index >= 15 is 0 Å². The van der Waals surface area contributed by atoms with Crippen molar-refractivity contribution in [1.82, 2.24) is 5.43 Å². The Kier molecular flexibility index (Phi) is 6.43. The van der Waals surface area contributed by atoms with E-state index in [2.05, 4.69) is 5.43 Å². The summed E-state index contributed by atoms with van der Waals surface area (Å²) in [6.07, 6.45) is 0.176. The van der Waals surface area contributed by atoms with Gasteiger partial charge in [0.2, 0.25) is 0 Å². The second-order valence-corrected chi connectivity index (χ2v) is 6.27. The van der Waals surface area contributed by atoms with E-state index in [9.17, 15) is 15.0 Å². The van der Waals surface area contributed by atoms with Gasteiger partial charge in [-0.2, -0.15) is 0 Å². The second kappa shape index (κ2) is 8.55. The number of hydrazine groups is 1. The molecule has 7 heteroatoms. The fourth-order valence-electron chi connectivity index (χ4n) is 2.36. The maximum absolute atomic E-state index is 12.4. The predicted octanol–water partition coefficient (Wildman–Crippen LogP) is 1.79. The molecule has 26 heavy (non-hydrogen) atoms. The Morgan fingerprint density at radius 3 is 2.42 bits per heavy atom. The van der Waals surface area contributed by atoms with Crippen LogP contribution < -0.4 is 16.0 Å². The average molecular weight is 360 g/mol. The molecule has 5 N–H and O–H groups in total. The van der Waals surface area contributed by atoms with Crippen molar-refractivity contribution in [1.29, 1.82) is 0 Å². The van der Waals surface area contributed by atoms with Crippen molar-refractivity contribution in [2.24, 2.45) is 5.84 Å². The number of aromatic hydroxyl groups is 2. The van der Waals surface area contributed by atoms with Crippen molar-refractivity contribution in [3.63, 3.8) is 0 Å². The summed E-state index contributed by atoms with van der Waals surface area (Å²) in [5, 5.41) is 18.9. The van der Waals surface area contributed by atoms with Crippen LogP contribution in [0, 0.1) is 6.92 Å². The third-order valence-electron chi connectivity index (χ3n) is 3.97. The van der Waals surface area contributed by atoms with Gasteiger partial charge in [-0.15, -0.1) is 0 Å². The molecular formula is C19H24N2O5. The quantitative estimate of drug-likeness (QED) is 0.187. The van der Waals surface area contributed by atoms with Crippen LogP contribution in [0.5, 0.6) is 17.2 Å². The number of carbonyl (C=O) groups excluding carboxylic acids is 1. The van der Waals surface area contributed by atoms with Crippen LogP contribution in [-0.2, 0) is 16.0 Å². The van der Waals surface area contributed by atoms with Crippen LogP contribution in [0.25, 0.3) is 0 Å². The smallest absolute Gasteiger partial charge is 0.327 e. The summed E-state index contributed by atoms with van der Waals surface area (Å²) in [5.41, 5.74) is 3.03. The lowest BCUT2D eigenvalue weighted by Gasteiger charge is -2.26. The van der Waals surface area contributed by atoms with Crippen LogP contribution >= 0.6 is 0 Å². The Bertz CT molecular complexity index is 748. The molecule has 0 amide bonds. The van der Waals surface area contributed by atoms with Gasteiger partial charge in [-0.3, -0.25) is 5.84 Å². The minimum absolute atomic E-state index is 0.0742. The van der Waals surface area contributed by atoms with Gasteiger partial charge in [0.05, 0.1) is 0 Å². The van der Waals surface area contributed by atoms with Crippen molar-refractivity contribution < 1.29 is 24.5 Å². The molecule has 0 bridgehead atoms. The van der Waals surface area contributed by atoms with Crippen molar-refractivity contribution in [3.8, 4) is 17.2 Å². The Balaban J connectivity index is 1.87. The van der Waals surface area contributed by atoms with E-state index in [1.807, 2.05) is 31.2 Å². The van der Waals surface area contributed by atoms with Gasteiger partial charge < -0.3 is 19.7 Å². The highest BCUT2D eigenvalue weighted by Gasteiger charge is 2.34. The van der Waals surface area contributed by atoms with Gasteiger partial charge in [-0.1, -0.05) is 23.8 Å². The molecule has 0 fully saturated rings. The van der Waals surface area contributed by atoms with Crippen molar-refractivity contribution in [2.75, 3.05) is 13.2 Å². The van der Waals surface area contributed by atoms with Crippen LogP contribution in [0.4, 0.5) is 0 Å². The van der Waals surface area contributed by atoms with Crippen molar-refractivity contribution in [3.05, 3.63) is 53.6 Å². The molecule has 0 spiro atoms. The molecule has 0 saturated carbocycles. The van der Waals surface area contributed by atoms with Crippen LogP contribution in [0.3, 0.4) is 0 Å². The number of nitrogens with one attached hydrogen (secondary N) is 1. The fraction of sp³-hybridized carbons (Fsp3) is 0.316. The summed E-state index contributed by atoms with van der Waals surface area (Å²) >= 11 is 0. The zero-order valence-corrected chi connectivity index (χ0v) is 14.9. The minimum atomic E-state index is -1.19. The Morgan fingerprint density at radius 1 is 1.12 bits per heavy atom. The van der Waals surface area contributed by atoms with Crippen LogP contribution in [0.2, 0.25) is 0 Å². The van der Waals surface area contributed by atoms with E-state index < -0.39 is 11.5 Å².